The average Bonchev–Trinajstić information content (AvgIpc) is 3.24. The largest absolute Gasteiger partial charge is 0.479 e. The van der Waals surface area contributed by atoms with E-state index < -0.39 is 0 Å². The van der Waals surface area contributed by atoms with Crippen LogP contribution in [-0.4, -0.2) is 4.98 Å². The maximum atomic E-state index is 6.64. The maximum Gasteiger partial charge on any atom is 0.149 e. The molecule has 146 valence electrons. The van der Waals surface area contributed by atoms with Gasteiger partial charge in [-0.2, -0.15) is 0 Å². The number of benzene rings is 4. The summed E-state index contributed by atoms with van der Waals surface area (Å²) in [6, 6.07) is 37.7. The molecule has 1 heterocycles. The number of para-hydroxylation sites is 1. The van der Waals surface area contributed by atoms with Crippen molar-refractivity contribution < 1.29 is 4.74 Å². The second kappa shape index (κ2) is 7.92. The minimum atomic E-state index is -0.177. The van der Waals surface area contributed by atoms with Gasteiger partial charge in [-0.3, -0.25) is 0 Å². The van der Waals surface area contributed by atoms with E-state index in [0.717, 1.165) is 33.5 Å². The number of hydrogen-bond donors (Lipinski definition) is 1. The van der Waals surface area contributed by atoms with Gasteiger partial charge in [0.1, 0.15) is 11.9 Å². The van der Waals surface area contributed by atoms with Crippen molar-refractivity contribution in [3.8, 4) is 17.0 Å². The number of fused-ring (bicyclic) bond motifs is 1. The van der Waals surface area contributed by atoms with Crippen molar-refractivity contribution in [2.45, 2.75) is 13.0 Å². The molecule has 0 radical (unpaired) electrons. The number of hydrogen-bond acceptors (Lipinski definition) is 1. The van der Waals surface area contributed by atoms with Gasteiger partial charge in [0.15, 0.2) is 0 Å². The van der Waals surface area contributed by atoms with Crippen molar-refractivity contribution in [3.05, 3.63) is 126 Å². The molecular weight excluding hydrogens is 366 g/mol. The Morgan fingerprint density at radius 3 is 1.93 bits per heavy atom. The first-order valence-corrected chi connectivity index (χ1v) is 10.2. The summed E-state index contributed by atoms with van der Waals surface area (Å²) in [7, 11) is 0. The quantitative estimate of drug-likeness (QED) is 0.335. The van der Waals surface area contributed by atoms with Gasteiger partial charge >= 0.3 is 0 Å². The summed E-state index contributed by atoms with van der Waals surface area (Å²) in [4.78, 5) is 3.58. The normalized spacial score (nSPS) is 11.1. The molecule has 5 aromatic rings. The van der Waals surface area contributed by atoms with Gasteiger partial charge in [0.05, 0.1) is 5.52 Å². The first-order chi connectivity index (χ1) is 14.8. The zero-order valence-electron chi connectivity index (χ0n) is 16.9. The van der Waals surface area contributed by atoms with Gasteiger partial charge in [0, 0.05) is 11.1 Å². The molecule has 0 saturated carbocycles. The molecular formula is C28H23NO. The van der Waals surface area contributed by atoms with Crippen molar-refractivity contribution in [2.24, 2.45) is 0 Å². The minimum absolute atomic E-state index is 0.177. The van der Waals surface area contributed by atoms with Crippen LogP contribution in [0.5, 0.6) is 5.75 Å². The number of rotatable bonds is 5. The zero-order chi connectivity index (χ0) is 20.3. The Bertz CT molecular complexity index is 1220. The SMILES string of the molecule is Cc1ccc(-c2cc3cccc(OC(c4ccccc4)c4ccccc4)c3[nH]2)cc1. The molecule has 0 bridgehead atoms. The Balaban J connectivity index is 1.57. The lowest BCUT2D eigenvalue weighted by molar-refractivity contribution is 0.250. The fraction of sp³-hybridized carbons (Fsp3) is 0.0714. The van der Waals surface area contributed by atoms with E-state index in [9.17, 15) is 0 Å². The van der Waals surface area contributed by atoms with E-state index in [0.29, 0.717) is 0 Å². The number of ether oxygens (including phenoxy) is 1. The summed E-state index contributed by atoms with van der Waals surface area (Å²) in [5.41, 5.74) is 6.80. The van der Waals surface area contributed by atoms with E-state index in [4.69, 9.17) is 4.74 Å². The smallest absolute Gasteiger partial charge is 0.149 e. The van der Waals surface area contributed by atoms with Crippen molar-refractivity contribution in [1.82, 2.24) is 4.98 Å². The first-order valence-electron chi connectivity index (χ1n) is 10.2. The summed E-state index contributed by atoms with van der Waals surface area (Å²) in [5, 5.41) is 1.14. The molecule has 1 aromatic heterocycles. The number of aromatic nitrogens is 1. The third kappa shape index (κ3) is 3.60. The Morgan fingerprint density at radius 1 is 0.667 bits per heavy atom. The van der Waals surface area contributed by atoms with Gasteiger partial charge in [0.2, 0.25) is 0 Å². The van der Waals surface area contributed by atoms with Crippen molar-refractivity contribution in [3.63, 3.8) is 0 Å². The predicted octanol–water partition coefficient (Wildman–Crippen LogP) is 7.31. The molecule has 0 atom stereocenters. The molecule has 0 fully saturated rings. The predicted molar refractivity (Wildman–Crippen MR) is 124 cm³/mol. The van der Waals surface area contributed by atoms with Gasteiger partial charge in [-0.15, -0.1) is 0 Å². The van der Waals surface area contributed by atoms with E-state index in [-0.39, 0.29) is 6.10 Å². The highest BCUT2D eigenvalue weighted by Crippen LogP contribution is 2.35. The molecule has 5 rings (SSSR count). The molecule has 0 aliphatic rings. The van der Waals surface area contributed by atoms with Crippen LogP contribution in [0.25, 0.3) is 22.2 Å². The Morgan fingerprint density at radius 2 is 1.30 bits per heavy atom. The Hall–Kier alpha value is -3.78. The van der Waals surface area contributed by atoms with E-state index in [1.54, 1.807) is 0 Å². The van der Waals surface area contributed by atoms with Gasteiger partial charge in [-0.1, -0.05) is 103 Å². The van der Waals surface area contributed by atoms with E-state index in [2.05, 4.69) is 103 Å². The van der Waals surface area contributed by atoms with Gasteiger partial charge in [0.25, 0.3) is 0 Å². The van der Waals surface area contributed by atoms with Crippen LogP contribution in [0, 0.1) is 6.92 Å². The van der Waals surface area contributed by atoms with E-state index in [1.807, 2.05) is 18.2 Å². The summed E-state index contributed by atoms with van der Waals surface area (Å²) in [5.74, 6) is 0.851. The lowest BCUT2D eigenvalue weighted by Gasteiger charge is -2.20. The highest BCUT2D eigenvalue weighted by atomic mass is 16.5. The Labute approximate surface area is 176 Å². The number of aromatic amines is 1. The van der Waals surface area contributed by atoms with Gasteiger partial charge in [-0.05, 0) is 35.7 Å². The van der Waals surface area contributed by atoms with Crippen molar-refractivity contribution in [2.75, 3.05) is 0 Å². The summed E-state index contributed by atoms with van der Waals surface area (Å²) >= 11 is 0. The summed E-state index contributed by atoms with van der Waals surface area (Å²) in [6.45, 7) is 2.11. The first kappa shape index (κ1) is 18.3. The molecule has 0 aliphatic heterocycles. The van der Waals surface area contributed by atoms with Crippen LogP contribution in [0.2, 0.25) is 0 Å². The average molecular weight is 389 g/mol. The van der Waals surface area contributed by atoms with E-state index in [1.165, 1.54) is 11.1 Å². The van der Waals surface area contributed by atoms with Crippen LogP contribution in [0.3, 0.4) is 0 Å². The summed E-state index contributed by atoms with van der Waals surface area (Å²) < 4.78 is 6.64. The molecule has 0 saturated heterocycles. The minimum Gasteiger partial charge on any atom is -0.479 e. The zero-order valence-corrected chi connectivity index (χ0v) is 16.9. The number of aryl methyl sites for hydroxylation is 1. The molecule has 0 unspecified atom stereocenters. The fourth-order valence-electron chi connectivity index (χ4n) is 3.83. The van der Waals surface area contributed by atoms with Crippen LogP contribution >= 0.6 is 0 Å². The molecule has 2 nitrogen and oxygen atoms in total. The van der Waals surface area contributed by atoms with Gasteiger partial charge < -0.3 is 9.72 Å². The molecule has 2 heteroatoms. The van der Waals surface area contributed by atoms with Crippen molar-refractivity contribution in [1.29, 1.82) is 0 Å². The van der Waals surface area contributed by atoms with Crippen LogP contribution in [0.1, 0.15) is 22.8 Å². The van der Waals surface area contributed by atoms with Gasteiger partial charge in [-0.25, -0.2) is 0 Å². The van der Waals surface area contributed by atoms with Crippen LogP contribution in [0.15, 0.2) is 109 Å². The molecule has 0 spiro atoms. The van der Waals surface area contributed by atoms with Crippen molar-refractivity contribution >= 4 is 10.9 Å². The highest BCUT2D eigenvalue weighted by molar-refractivity contribution is 5.90. The molecule has 0 aliphatic carbocycles. The second-order valence-corrected chi connectivity index (χ2v) is 7.59. The lowest BCUT2D eigenvalue weighted by atomic mass is 10.0. The molecule has 1 N–H and O–H groups in total. The maximum absolute atomic E-state index is 6.64. The third-order valence-electron chi connectivity index (χ3n) is 5.43. The second-order valence-electron chi connectivity index (χ2n) is 7.59. The lowest BCUT2D eigenvalue weighted by Crippen LogP contribution is -2.09. The standard InChI is InChI=1S/C28H23NO/c1-20-15-17-21(18-16-20)25-19-24-13-8-14-26(27(24)29-25)30-28(22-9-4-2-5-10-22)23-11-6-3-7-12-23/h2-19,28-29H,1H3. The highest BCUT2D eigenvalue weighted by Gasteiger charge is 2.18. The van der Waals surface area contributed by atoms with Crippen LogP contribution in [-0.2, 0) is 0 Å². The monoisotopic (exact) mass is 389 g/mol. The topological polar surface area (TPSA) is 25.0 Å². The molecule has 4 aromatic carbocycles. The van der Waals surface area contributed by atoms with E-state index >= 15 is 0 Å². The molecule has 30 heavy (non-hydrogen) atoms. The summed E-state index contributed by atoms with van der Waals surface area (Å²) in [6.07, 6.45) is -0.177. The molecule has 0 amide bonds. The van der Waals surface area contributed by atoms with Crippen LogP contribution in [0.4, 0.5) is 0 Å². The Kier molecular flexibility index (Phi) is 4.82. The third-order valence-corrected chi connectivity index (χ3v) is 5.43. The number of nitrogens with one attached hydrogen (secondary N) is 1. The fourth-order valence-corrected chi connectivity index (χ4v) is 3.83. The van der Waals surface area contributed by atoms with Crippen LogP contribution < -0.4 is 4.74 Å². The number of H-pyrrole nitrogens is 1.